The highest BCUT2D eigenvalue weighted by atomic mass is 19.1. The molecule has 1 atom stereocenters. The number of carboxylic acid groups (broad SMARTS) is 1. The lowest BCUT2D eigenvalue weighted by Gasteiger charge is -2.03. The molecule has 0 unspecified atom stereocenters. The third kappa shape index (κ3) is 3.91. The zero-order valence-corrected chi connectivity index (χ0v) is 8.06. The van der Waals surface area contributed by atoms with E-state index in [1.807, 2.05) is 6.07 Å². The van der Waals surface area contributed by atoms with Crippen LogP contribution in [-0.4, -0.2) is 17.1 Å². The molecule has 1 aromatic carbocycles. The number of carbonyl (C=O) groups is 1. The summed E-state index contributed by atoms with van der Waals surface area (Å²) in [6, 6.07) is 7.63. The molecule has 0 aliphatic rings. The lowest BCUT2D eigenvalue weighted by atomic mass is 10.1. The molecule has 0 aromatic heterocycles. The highest BCUT2D eigenvalue weighted by Crippen LogP contribution is 2.12. The largest absolute Gasteiger partial charge is 0.480 e. The second-order valence-corrected chi connectivity index (χ2v) is 3.15. The van der Waals surface area contributed by atoms with Crippen LogP contribution in [0, 0.1) is 0 Å². The molecule has 0 spiro atoms. The number of hydrogen-bond donors (Lipinski definition) is 2. The first-order valence-electron chi connectivity index (χ1n) is 4.49. The fourth-order valence-electron chi connectivity index (χ4n) is 1.09. The summed E-state index contributed by atoms with van der Waals surface area (Å²) in [6.07, 6.45) is 0.993. The van der Waals surface area contributed by atoms with Crippen molar-refractivity contribution in [1.82, 2.24) is 0 Å². The van der Waals surface area contributed by atoms with Crippen molar-refractivity contribution >= 4 is 12.0 Å². The molecule has 0 aliphatic carbocycles. The standard InChI is InChI=1S/C11H12FNO2/c12-9(7-10(13)11(14)15)6-8-4-2-1-3-5-8/h1-6,10H,7,13H2,(H,14,15)/b9-6-/t10-/m1/s1. The van der Waals surface area contributed by atoms with Crippen LogP contribution in [-0.2, 0) is 4.79 Å². The molecule has 0 saturated heterocycles. The maximum atomic E-state index is 13.2. The van der Waals surface area contributed by atoms with E-state index in [4.69, 9.17) is 10.8 Å². The molecule has 0 fully saturated rings. The Bertz CT molecular complexity index is 362. The van der Waals surface area contributed by atoms with E-state index < -0.39 is 17.8 Å². The van der Waals surface area contributed by atoms with E-state index in [9.17, 15) is 9.18 Å². The molecular weight excluding hydrogens is 197 g/mol. The van der Waals surface area contributed by atoms with Gasteiger partial charge in [-0.15, -0.1) is 0 Å². The van der Waals surface area contributed by atoms with Crippen molar-refractivity contribution in [2.45, 2.75) is 12.5 Å². The summed E-state index contributed by atoms with van der Waals surface area (Å²) in [5.74, 6) is -1.73. The second kappa shape index (κ2) is 5.26. The van der Waals surface area contributed by atoms with E-state index in [1.54, 1.807) is 24.3 Å². The number of benzene rings is 1. The molecule has 4 heteroatoms. The van der Waals surface area contributed by atoms with E-state index in [0.29, 0.717) is 5.56 Å². The van der Waals surface area contributed by atoms with Gasteiger partial charge in [0.05, 0.1) is 0 Å². The number of carboxylic acids is 1. The summed E-state index contributed by atoms with van der Waals surface area (Å²) in [5, 5.41) is 8.48. The summed E-state index contributed by atoms with van der Waals surface area (Å²) in [4.78, 5) is 10.4. The van der Waals surface area contributed by atoms with Gasteiger partial charge in [-0.1, -0.05) is 30.3 Å². The first kappa shape index (κ1) is 11.4. The lowest BCUT2D eigenvalue weighted by molar-refractivity contribution is -0.138. The molecule has 0 bridgehead atoms. The fourth-order valence-corrected chi connectivity index (χ4v) is 1.09. The van der Waals surface area contributed by atoms with Crippen molar-refractivity contribution in [1.29, 1.82) is 0 Å². The molecular formula is C11H12FNO2. The Labute approximate surface area is 87.0 Å². The van der Waals surface area contributed by atoms with E-state index in [-0.39, 0.29) is 6.42 Å². The van der Waals surface area contributed by atoms with E-state index in [0.717, 1.165) is 0 Å². The van der Waals surface area contributed by atoms with Crippen molar-refractivity contribution < 1.29 is 14.3 Å². The van der Waals surface area contributed by atoms with Gasteiger partial charge in [0.25, 0.3) is 0 Å². The normalized spacial score (nSPS) is 13.6. The summed E-state index contributed by atoms with van der Waals surface area (Å²) in [5.41, 5.74) is 5.88. The quantitative estimate of drug-likeness (QED) is 0.794. The third-order valence-corrected chi connectivity index (χ3v) is 1.85. The van der Waals surface area contributed by atoms with E-state index in [2.05, 4.69) is 0 Å². The topological polar surface area (TPSA) is 63.3 Å². The lowest BCUT2D eigenvalue weighted by Crippen LogP contribution is -2.29. The van der Waals surface area contributed by atoms with Crippen LogP contribution in [0.1, 0.15) is 12.0 Å². The van der Waals surface area contributed by atoms with Crippen molar-refractivity contribution in [2.24, 2.45) is 5.73 Å². The van der Waals surface area contributed by atoms with E-state index >= 15 is 0 Å². The van der Waals surface area contributed by atoms with E-state index in [1.165, 1.54) is 6.08 Å². The number of aliphatic carboxylic acids is 1. The Hall–Kier alpha value is -1.68. The Morgan fingerprint density at radius 3 is 2.60 bits per heavy atom. The van der Waals surface area contributed by atoms with Crippen LogP contribution in [0.2, 0.25) is 0 Å². The Morgan fingerprint density at radius 2 is 2.07 bits per heavy atom. The summed E-state index contributed by atoms with van der Waals surface area (Å²) < 4.78 is 13.2. The van der Waals surface area contributed by atoms with Gasteiger partial charge in [0, 0.05) is 6.42 Å². The zero-order valence-electron chi connectivity index (χ0n) is 8.06. The predicted octanol–water partition coefficient (Wildman–Crippen LogP) is 1.80. The molecule has 3 nitrogen and oxygen atoms in total. The number of hydrogen-bond acceptors (Lipinski definition) is 2. The van der Waals surface area contributed by atoms with Crippen molar-refractivity contribution in [2.75, 3.05) is 0 Å². The van der Waals surface area contributed by atoms with Gasteiger partial charge in [0.15, 0.2) is 0 Å². The van der Waals surface area contributed by atoms with Gasteiger partial charge in [-0.25, -0.2) is 4.39 Å². The average Bonchev–Trinajstić information content (AvgIpc) is 2.18. The second-order valence-electron chi connectivity index (χ2n) is 3.15. The van der Waals surface area contributed by atoms with Gasteiger partial charge in [0.2, 0.25) is 0 Å². The SMILES string of the molecule is N[C@H](C/C(F)=C/c1ccccc1)C(=O)O. The number of halogens is 1. The average molecular weight is 209 g/mol. The molecule has 1 aromatic rings. The molecule has 0 radical (unpaired) electrons. The minimum Gasteiger partial charge on any atom is -0.480 e. The molecule has 0 aliphatic heterocycles. The molecule has 1 rings (SSSR count). The Morgan fingerprint density at radius 1 is 1.47 bits per heavy atom. The smallest absolute Gasteiger partial charge is 0.320 e. The first-order valence-corrected chi connectivity index (χ1v) is 4.49. The molecule has 15 heavy (non-hydrogen) atoms. The predicted molar refractivity (Wildman–Crippen MR) is 55.8 cm³/mol. The van der Waals surface area contributed by atoms with Crippen LogP contribution in [0.3, 0.4) is 0 Å². The Balaban J connectivity index is 2.65. The van der Waals surface area contributed by atoms with Crippen molar-refractivity contribution in [3.05, 3.63) is 41.7 Å². The van der Waals surface area contributed by atoms with Gasteiger partial charge in [-0.2, -0.15) is 0 Å². The van der Waals surface area contributed by atoms with Crippen LogP contribution in [0.25, 0.3) is 6.08 Å². The Kier molecular flexibility index (Phi) is 4.00. The highest BCUT2D eigenvalue weighted by Gasteiger charge is 2.13. The molecule has 0 amide bonds. The molecule has 0 heterocycles. The maximum Gasteiger partial charge on any atom is 0.320 e. The fraction of sp³-hybridized carbons (Fsp3) is 0.182. The molecule has 80 valence electrons. The monoisotopic (exact) mass is 209 g/mol. The maximum absolute atomic E-state index is 13.2. The van der Waals surface area contributed by atoms with Crippen LogP contribution in [0.4, 0.5) is 4.39 Å². The number of rotatable bonds is 4. The molecule has 0 saturated carbocycles. The summed E-state index contributed by atoms with van der Waals surface area (Å²) in [6.45, 7) is 0. The number of nitrogens with two attached hydrogens (primary N) is 1. The highest BCUT2D eigenvalue weighted by molar-refractivity contribution is 5.73. The summed E-state index contributed by atoms with van der Waals surface area (Å²) in [7, 11) is 0. The van der Waals surface area contributed by atoms with Gasteiger partial charge in [-0.3, -0.25) is 4.79 Å². The van der Waals surface area contributed by atoms with Crippen LogP contribution in [0.5, 0.6) is 0 Å². The van der Waals surface area contributed by atoms with Gasteiger partial charge in [0.1, 0.15) is 11.9 Å². The van der Waals surface area contributed by atoms with Crippen LogP contribution < -0.4 is 5.73 Å². The minimum atomic E-state index is -1.20. The summed E-state index contributed by atoms with van der Waals surface area (Å²) >= 11 is 0. The van der Waals surface area contributed by atoms with Crippen LogP contribution >= 0.6 is 0 Å². The minimum absolute atomic E-state index is 0.287. The van der Waals surface area contributed by atoms with Crippen molar-refractivity contribution in [3.8, 4) is 0 Å². The van der Waals surface area contributed by atoms with Crippen LogP contribution in [0.15, 0.2) is 36.2 Å². The molecule has 3 N–H and O–H groups in total. The van der Waals surface area contributed by atoms with Gasteiger partial charge < -0.3 is 10.8 Å². The third-order valence-electron chi connectivity index (χ3n) is 1.85. The first-order chi connectivity index (χ1) is 7.09. The van der Waals surface area contributed by atoms with Gasteiger partial charge in [-0.05, 0) is 11.6 Å². The zero-order chi connectivity index (χ0) is 11.3. The van der Waals surface area contributed by atoms with Crippen molar-refractivity contribution in [3.63, 3.8) is 0 Å². The van der Waals surface area contributed by atoms with Gasteiger partial charge >= 0.3 is 5.97 Å².